The van der Waals surface area contributed by atoms with Crippen molar-refractivity contribution in [1.29, 1.82) is 5.26 Å². The van der Waals surface area contributed by atoms with Gasteiger partial charge in [-0.1, -0.05) is 40.9 Å². The van der Waals surface area contributed by atoms with Gasteiger partial charge in [-0.25, -0.2) is 17.1 Å². The molecule has 2 amide bonds. The van der Waals surface area contributed by atoms with Gasteiger partial charge >= 0.3 is 0 Å². The van der Waals surface area contributed by atoms with Crippen LogP contribution in [0.25, 0.3) is 0 Å². The zero-order valence-electron chi connectivity index (χ0n) is 20.2. The number of amides is 2. The summed E-state index contributed by atoms with van der Waals surface area (Å²) in [6.45, 7) is -0.0189. The first kappa shape index (κ1) is 30.1. The summed E-state index contributed by atoms with van der Waals surface area (Å²) in [6, 6.07) is 12.2. The molecule has 0 spiro atoms. The highest BCUT2D eigenvalue weighted by molar-refractivity contribution is 7.89. The lowest BCUT2D eigenvalue weighted by Crippen LogP contribution is -2.34. The molecule has 9 nitrogen and oxygen atoms in total. The van der Waals surface area contributed by atoms with Gasteiger partial charge in [0.2, 0.25) is 11.8 Å². The number of nitrogens with zero attached hydrogens (tertiary/aromatic N) is 2. The third-order valence-electron chi connectivity index (χ3n) is 5.28. The summed E-state index contributed by atoms with van der Waals surface area (Å²) < 4.78 is 46.7. The maximum atomic E-state index is 15.2. The molecule has 0 fully saturated rings. The fourth-order valence-electron chi connectivity index (χ4n) is 3.31. The summed E-state index contributed by atoms with van der Waals surface area (Å²) in [5.74, 6) is -2.58. The Kier molecular flexibility index (Phi) is 9.77. The Morgan fingerprint density at radius 3 is 2.46 bits per heavy atom. The SMILES string of the molecule is CN(C(=O)CCN)S(=O)(=O)c1ccc(NC(=O)Cc2ccc(Cl)c(Oc3cc(Cl)cc(C#N)c3)c2F)c(Cl)c1. The van der Waals surface area contributed by atoms with Crippen molar-refractivity contribution in [2.75, 3.05) is 18.9 Å². The number of hydrogen-bond donors (Lipinski definition) is 2. The van der Waals surface area contributed by atoms with Crippen LogP contribution in [0.1, 0.15) is 17.5 Å². The number of carbonyl (C=O) groups is 2. The average molecular weight is 614 g/mol. The van der Waals surface area contributed by atoms with Gasteiger partial charge in [-0.2, -0.15) is 5.26 Å². The second-order valence-corrected chi connectivity index (χ2v) is 11.2. The molecule has 0 atom stereocenters. The van der Waals surface area contributed by atoms with Gasteiger partial charge in [-0.15, -0.1) is 0 Å². The predicted octanol–water partition coefficient (Wildman–Crippen LogP) is 5.13. The Balaban J connectivity index is 1.78. The number of rotatable bonds is 9. The minimum absolute atomic E-state index is 0.0189. The molecule has 0 aromatic heterocycles. The predicted molar refractivity (Wildman–Crippen MR) is 145 cm³/mol. The molecule has 0 aliphatic rings. The molecule has 3 aromatic rings. The monoisotopic (exact) mass is 612 g/mol. The molecule has 0 aliphatic carbocycles. The van der Waals surface area contributed by atoms with Crippen LogP contribution in [0.4, 0.5) is 10.1 Å². The third kappa shape index (κ3) is 7.17. The number of ether oxygens (including phenoxy) is 1. The Morgan fingerprint density at radius 2 is 1.82 bits per heavy atom. The van der Waals surface area contributed by atoms with Crippen LogP contribution < -0.4 is 15.8 Å². The van der Waals surface area contributed by atoms with E-state index in [0.29, 0.717) is 4.31 Å². The summed E-state index contributed by atoms with van der Waals surface area (Å²) in [5.41, 5.74) is 5.50. The van der Waals surface area contributed by atoms with Crippen LogP contribution in [0.5, 0.6) is 11.5 Å². The van der Waals surface area contributed by atoms with Crippen molar-refractivity contribution in [2.45, 2.75) is 17.7 Å². The van der Waals surface area contributed by atoms with Gasteiger partial charge < -0.3 is 15.8 Å². The molecule has 3 rings (SSSR count). The Hall–Kier alpha value is -3.40. The summed E-state index contributed by atoms with van der Waals surface area (Å²) in [7, 11) is -3.09. The molecular weight excluding hydrogens is 594 g/mol. The van der Waals surface area contributed by atoms with Crippen LogP contribution in [-0.2, 0) is 26.0 Å². The van der Waals surface area contributed by atoms with Gasteiger partial charge in [0.05, 0.1) is 38.7 Å². The van der Waals surface area contributed by atoms with E-state index < -0.39 is 34.1 Å². The average Bonchev–Trinajstić information content (AvgIpc) is 2.88. The van der Waals surface area contributed by atoms with Crippen LogP contribution in [0, 0.1) is 17.1 Å². The smallest absolute Gasteiger partial charge is 0.266 e. The van der Waals surface area contributed by atoms with Crippen molar-refractivity contribution >= 4 is 62.3 Å². The molecule has 0 saturated heterocycles. The second-order valence-electron chi connectivity index (χ2n) is 8.01. The van der Waals surface area contributed by atoms with Gasteiger partial charge in [0, 0.05) is 30.6 Å². The molecule has 3 aromatic carbocycles. The normalized spacial score (nSPS) is 11.0. The first-order chi connectivity index (χ1) is 18.4. The molecule has 0 heterocycles. The number of anilines is 1. The number of halogens is 4. The molecule has 0 unspecified atom stereocenters. The molecule has 14 heteroatoms. The molecule has 0 bridgehead atoms. The second kappa shape index (κ2) is 12.6. The van der Waals surface area contributed by atoms with E-state index in [2.05, 4.69) is 5.32 Å². The first-order valence-corrected chi connectivity index (χ1v) is 13.6. The highest BCUT2D eigenvalue weighted by Gasteiger charge is 2.26. The van der Waals surface area contributed by atoms with E-state index in [1.807, 2.05) is 6.07 Å². The molecule has 0 saturated carbocycles. The van der Waals surface area contributed by atoms with Gasteiger partial charge in [0.15, 0.2) is 11.6 Å². The fraction of sp³-hybridized carbons (Fsp3) is 0.160. The fourth-order valence-corrected chi connectivity index (χ4v) is 5.19. The Labute approximate surface area is 238 Å². The number of carbonyl (C=O) groups excluding carboxylic acids is 2. The van der Waals surface area contributed by atoms with Crippen molar-refractivity contribution in [3.8, 4) is 17.6 Å². The van der Waals surface area contributed by atoms with E-state index in [1.54, 1.807) is 0 Å². The highest BCUT2D eigenvalue weighted by atomic mass is 35.5. The number of hydrogen-bond acceptors (Lipinski definition) is 7. The van der Waals surface area contributed by atoms with Crippen LogP contribution >= 0.6 is 34.8 Å². The summed E-state index contributed by atoms with van der Waals surface area (Å²) in [4.78, 5) is 24.4. The lowest BCUT2D eigenvalue weighted by atomic mass is 10.1. The van der Waals surface area contributed by atoms with Crippen LogP contribution in [0.2, 0.25) is 15.1 Å². The topological polar surface area (TPSA) is 143 Å². The quantitative estimate of drug-likeness (QED) is 0.341. The van der Waals surface area contributed by atoms with Crippen molar-refractivity contribution in [3.05, 3.63) is 80.5 Å². The molecule has 3 N–H and O–H groups in total. The zero-order valence-corrected chi connectivity index (χ0v) is 23.3. The van der Waals surface area contributed by atoms with Crippen LogP contribution in [-0.4, -0.2) is 38.1 Å². The molecule has 39 heavy (non-hydrogen) atoms. The van der Waals surface area contributed by atoms with E-state index in [1.165, 1.54) is 42.5 Å². The number of nitriles is 1. The largest absolute Gasteiger partial charge is 0.453 e. The highest BCUT2D eigenvalue weighted by Crippen LogP contribution is 2.35. The standard InChI is InChI=1S/C25H20Cl3FN4O5S/c1-33(23(35)6-7-30)39(36,37)18-3-5-21(20(28)12-18)32-22(34)10-15-2-4-19(27)25(24(15)29)38-17-9-14(13-31)8-16(26)11-17/h2-5,8-9,11-12H,6-7,10,30H2,1H3,(H,32,34). The summed E-state index contributed by atoms with van der Waals surface area (Å²) in [6.07, 6.45) is -0.614. The van der Waals surface area contributed by atoms with Crippen molar-refractivity contribution in [2.24, 2.45) is 5.73 Å². The molecule has 0 aliphatic heterocycles. The van der Waals surface area contributed by atoms with Crippen molar-refractivity contribution in [1.82, 2.24) is 4.31 Å². The molecular formula is C25H20Cl3FN4O5S. The van der Waals surface area contributed by atoms with Gasteiger partial charge in [-0.3, -0.25) is 9.59 Å². The maximum absolute atomic E-state index is 15.2. The van der Waals surface area contributed by atoms with Gasteiger partial charge in [0.1, 0.15) is 5.75 Å². The third-order valence-corrected chi connectivity index (χ3v) is 7.89. The lowest BCUT2D eigenvalue weighted by molar-refractivity contribution is -0.125. The number of benzene rings is 3. The van der Waals surface area contributed by atoms with Crippen molar-refractivity contribution in [3.63, 3.8) is 0 Å². The van der Waals surface area contributed by atoms with E-state index in [9.17, 15) is 18.0 Å². The van der Waals surface area contributed by atoms with Crippen molar-refractivity contribution < 1.29 is 27.1 Å². The number of nitrogens with two attached hydrogens (primary N) is 1. The maximum Gasteiger partial charge on any atom is 0.266 e. The lowest BCUT2D eigenvalue weighted by Gasteiger charge is -2.18. The minimum Gasteiger partial charge on any atom is -0.453 e. The summed E-state index contributed by atoms with van der Waals surface area (Å²) in [5, 5.41) is 11.6. The van der Waals surface area contributed by atoms with E-state index in [-0.39, 0.29) is 61.2 Å². The molecule has 204 valence electrons. The van der Waals surface area contributed by atoms with Crippen LogP contribution in [0.3, 0.4) is 0 Å². The Bertz CT molecular complexity index is 1600. The minimum atomic E-state index is -4.20. The van der Waals surface area contributed by atoms with E-state index in [0.717, 1.165) is 13.1 Å². The number of sulfonamides is 1. The van der Waals surface area contributed by atoms with Crippen LogP contribution in [0.15, 0.2) is 53.4 Å². The van der Waals surface area contributed by atoms with Gasteiger partial charge in [-0.05, 0) is 42.5 Å². The molecule has 0 radical (unpaired) electrons. The van der Waals surface area contributed by atoms with E-state index >= 15 is 4.39 Å². The summed E-state index contributed by atoms with van der Waals surface area (Å²) >= 11 is 18.3. The number of nitrogens with one attached hydrogen (secondary N) is 1. The van der Waals surface area contributed by atoms with E-state index in [4.69, 9.17) is 50.5 Å². The zero-order chi connectivity index (χ0) is 28.9. The first-order valence-electron chi connectivity index (χ1n) is 11.0. The Morgan fingerprint density at radius 1 is 1.10 bits per heavy atom. The van der Waals surface area contributed by atoms with Gasteiger partial charge in [0.25, 0.3) is 10.0 Å².